The first kappa shape index (κ1) is 20.1. The molecular formula is C21H19N3O4S. The Morgan fingerprint density at radius 3 is 2.45 bits per heavy atom. The molecule has 148 valence electrons. The topological polar surface area (TPSA) is 96.9 Å². The number of ether oxygens (including phenoxy) is 1. The molecule has 0 radical (unpaired) electrons. The molecule has 3 aromatic rings. The van der Waals surface area contributed by atoms with E-state index in [-0.39, 0.29) is 10.5 Å². The minimum Gasteiger partial charge on any atom is -0.495 e. The maximum absolute atomic E-state index is 12.7. The van der Waals surface area contributed by atoms with E-state index in [1.807, 2.05) is 30.3 Å². The quantitative estimate of drug-likeness (QED) is 0.462. The summed E-state index contributed by atoms with van der Waals surface area (Å²) in [5, 5.41) is 3.89. The molecule has 29 heavy (non-hydrogen) atoms. The lowest BCUT2D eigenvalue weighted by Crippen LogP contribution is -2.19. The summed E-state index contributed by atoms with van der Waals surface area (Å²) < 4.78 is 33.1. The molecule has 8 heteroatoms. The predicted octanol–water partition coefficient (Wildman–Crippen LogP) is 3.26. The molecular weight excluding hydrogens is 390 g/mol. The van der Waals surface area contributed by atoms with Crippen LogP contribution in [-0.2, 0) is 10.0 Å². The number of para-hydroxylation sites is 2. The maximum atomic E-state index is 12.7. The number of carbonyl (C=O) groups excluding carboxylic acids is 1. The van der Waals surface area contributed by atoms with E-state index < -0.39 is 15.9 Å². The molecule has 0 fully saturated rings. The minimum absolute atomic E-state index is 0.0527. The summed E-state index contributed by atoms with van der Waals surface area (Å²) in [7, 11) is -2.46. The zero-order valence-corrected chi connectivity index (χ0v) is 16.4. The fourth-order valence-corrected chi connectivity index (χ4v) is 3.62. The average Bonchev–Trinajstić information content (AvgIpc) is 2.74. The van der Waals surface area contributed by atoms with E-state index in [1.165, 1.54) is 37.6 Å². The van der Waals surface area contributed by atoms with Crippen LogP contribution in [0.3, 0.4) is 0 Å². The van der Waals surface area contributed by atoms with Gasteiger partial charge in [-0.2, -0.15) is 5.10 Å². The monoisotopic (exact) mass is 409 g/mol. The van der Waals surface area contributed by atoms with Crippen LogP contribution in [0.4, 0.5) is 5.69 Å². The highest BCUT2D eigenvalue weighted by molar-refractivity contribution is 7.92. The normalized spacial score (nSPS) is 11.2. The van der Waals surface area contributed by atoms with Gasteiger partial charge >= 0.3 is 0 Å². The van der Waals surface area contributed by atoms with Gasteiger partial charge in [-0.1, -0.05) is 48.5 Å². The van der Waals surface area contributed by atoms with Crippen LogP contribution in [0.1, 0.15) is 15.9 Å². The van der Waals surface area contributed by atoms with Crippen molar-refractivity contribution in [1.82, 2.24) is 5.43 Å². The second kappa shape index (κ2) is 9.03. The highest BCUT2D eigenvalue weighted by atomic mass is 32.2. The Morgan fingerprint density at radius 2 is 1.69 bits per heavy atom. The third kappa shape index (κ3) is 5.20. The van der Waals surface area contributed by atoms with Gasteiger partial charge in [0, 0.05) is 5.56 Å². The number of methoxy groups -OCH3 is 1. The van der Waals surface area contributed by atoms with Crippen molar-refractivity contribution in [2.24, 2.45) is 5.10 Å². The smallest absolute Gasteiger partial charge is 0.271 e. The molecule has 0 spiro atoms. The van der Waals surface area contributed by atoms with Gasteiger partial charge in [0.1, 0.15) is 5.75 Å². The molecule has 0 saturated heterocycles. The van der Waals surface area contributed by atoms with Gasteiger partial charge in [0.15, 0.2) is 0 Å². The van der Waals surface area contributed by atoms with Gasteiger partial charge < -0.3 is 4.74 Å². The first-order chi connectivity index (χ1) is 14.0. The van der Waals surface area contributed by atoms with E-state index in [2.05, 4.69) is 15.2 Å². The summed E-state index contributed by atoms with van der Waals surface area (Å²) in [5.41, 5.74) is 3.68. The molecule has 0 bridgehead atoms. The summed E-state index contributed by atoms with van der Waals surface area (Å²) in [6.45, 7) is 0. The van der Waals surface area contributed by atoms with Gasteiger partial charge in [-0.3, -0.25) is 9.52 Å². The van der Waals surface area contributed by atoms with Crippen LogP contribution in [0.25, 0.3) is 0 Å². The van der Waals surface area contributed by atoms with E-state index in [9.17, 15) is 13.2 Å². The first-order valence-corrected chi connectivity index (χ1v) is 10.1. The van der Waals surface area contributed by atoms with E-state index in [4.69, 9.17) is 4.74 Å². The van der Waals surface area contributed by atoms with Crippen LogP contribution in [0.5, 0.6) is 5.75 Å². The summed E-state index contributed by atoms with van der Waals surface area (Å²) in [4.78, 5) is 12.3. The Hall–Kier alpha value is -3.65. The number of benzene rings is 3. The van der Waals surface area contributed by atoms with Crippen LogP contribution in [0.2, 0.25) is 0 Å². The average molecular weight is 409 g/mol. The van der Waals surface area contributed by atoms with Crippen molar-refractivity contribution in [1.29, 1.82) is 0 Å². The fourth-order valence-electron chi connectivity index (χ4n) is 2.51. The number of rotatable bonds is 7. The molecule has 0 saturated carbocycles. The van der Waals surface area contributed by atoms with Gasteiger partial charge in [0.2, 0.25) is 0 Å². The lowest BCUT2D eigenvalue weighted by atomic mass is 10.2. The Morgan fingerprint density at radius 1 is 0.966 bits per heavy atom. The lowest BCUT2D eigenvalue weighted by Gasteiger charge is -2.12. The number of anilines is 1. The first-order valence-electron chi connectivity index (χ1n) is 8.64. The van der Waals surface area contributed by atoms with Crippen molar-refractivity contribution in [3.8, 4) is 5.75 Å². The molecule has 1 amide bonds. The molecule has 0 aliphatic rings. The van der Waals surface area contributed by atoms with Crippen LogP contribution in [0, 0.1) is 0 Å². The number of sulfonamides is 1. The fraction of sp³-hybridized carbons (Fsp3) is 0.0476. The molecule has 0 aliphatic carbocycles. The Labute approximate surface area is 169 Å². The minimum atomic E-state index is -3.91. The Kier molecular flexibility index (Phi) is 6.25. The van der Waals surface area contributed by atoms with Crippen LogP contribution < -0.4 is 14.9 Å². The highest BCUT2D eigenvalue weighted by Crippen LogP contribution is 2.26. The van der Waals surface area contributed by atoms with Crippen molar-refractivity contribution in [3.63, 3.8) is 0 Å². The SMILES string of the molecule is COc1ccccc1NS(=O)(=O)c1cccc(C(=O)N/N=C/c2ccccc2)c1. The molecule has 0 aliphatic heterocycles. The van der Waals surface area contributed by atoms with E-state index >= 15 is 0 Å². The van der Waals surface area contributed by atoms with Crippen molar-refractivity contribution < 1.29 is 17.9 Å². The van der Waals surface area contributed by atoms with Gasteiger partial charge in [-0.25, -0.2) is 13.8 Å². The number of hydrazone groups is 1. The van der Waals surface area contributed by atoms with Crippen molar-refractivity contribution in [3.05, 3.63) is 90.0 Å². The summed E-state index contributed by atoms with van der Waals surface area (Å²) >= 11 is 0. The second-order valence-electron chi connectivity index (χ2n) is 5.94. The van der Waals surface area contributed by atoms with Crippen molar-refractivity contribution in [2.45, 2.75) is 4.90 Å². The van der Waals surface area contributed by atoms with E-state index in [1.54, 1.807) is 24.3 Å². The van der Waals surface area contributed by atoms with Gasteiger partial charge in [0.05, 0.1) is 23.9 Å². The molecule has 3 aromatic carbocycles. The maximum Gasteiger partial charge on any atom is 0.271 e. The zero-order valence-electron chi connectivity index (χ0n) is 15.6. The molecule has 0 atom stereocenters. The summed E-state index contributed by atoms with van der Waals surface area (Å²) in [6, 6.07) is 21.6. The Bertz CT molecular complexity index is 1130. The number of nitrogens with zero attached hydrogens (tertiary/aromatic N) is 1. The standard InChI is InChI=1S/C21H19N3O4S/c1-28-20-13-6-5-12-19(20)24-29(26,27)18-11-7-10-17(14-18)21(25)23-22-15-16-8-3-2-4-9-16/h2-15,24H,1H3,(H,23,25)/b22-15+. The second-order valence-corrected chi connectivity index (χ2v) is 7.63. The molecule has 7 nitrogen and oxygen atoms in total. The number of hydrogen-bond acceptors (Lipinski definition) is 5. The molecule has 0 heterocycles. The van der Waals surface area contributed by atoms with Crippen LogP contribution in [0.15, 0.2) is 88.9 Å². The largest absolute Gasteiger partial charge is 0.495 e. The molecule has 3 rings (SSSR count). The Balaban J connectivity index is 1.76. The van der Waals surface area contributed by atoms with Gasteiger partial charge in [-0.05, 0) is 35.9 Å². The predicted molar refractivity (Wildman–Crippen MR) is 112 cm³/mol. The van der Waals surface area contributed by atoms with Crippen LogP contribution >= 0.6 is 0 Å². The number of amides is 1. The number of hydrogen-bond donors (Lipinski definition) is 2. The summed E-state index contributed by atoms with van der Waals surface area (Å²) in [6.07, 6.45) is 1.50. The van der Waals surface area contributed by atoms with Gasteiger partial charge in [0.25, 0.3) is 15.9 Å². The molecule has 2 N–H and O–H groups in total. The van der Waals surface area contributed by atoms with E-state index in [0.717, 1.165) is 5.56 Å². The van der Waals surface area contributed by atoms with Gasteiger partial charge in [-0.15, -0.1) is 0 Å². The zero-order chi connectivity index (χ0) is 20.7. The molecule has 0 aromatic heterocycles. The lowest BCUT2D eigenvalue weighted by molar-refractivity contribution is 0.0955. The third-order valence-electron chi connectivity index (χ3n) is 3.94. The van der Waals surface area contributed by atoms with Crippen LogP contribution in [-0.4, -0.2) is 27.6 Å². The summed E-state index contributed by atoms with van der Waals surface area (Å²) in [5.74, 6) is -0.133. The highest BCUT2D eigenvalue weighted by Gasteiger charge is 2.18. The van der Waals surface area contributed by atoms with Crippen molar-refractivity contribution >= 4 is 27.8 Å². The van der Waals surface area contributed by atoms with E-state index in [0.29, 0.717) is 11.4 Å². The number of carbonyl (C=O) groups is 1. The molecule has 0 unspecified atom stereocenters. The van der Waals surface area contributed by atoms with Crippen molar-refractivity contribution in [2.75, 3.05) is 11.8 Å². The third-order valence-corrected chi connectivity index (χ3v) is 5.30. The number of nitrogens with one attached hydrogen (secondary N) is 2.